The SMILES string of the molecule is CC(C)NC(=O)OC1CCC2(CO2)C(NCc2ccc(C(F)(F)F)cc2)=C1N[NH3+]. The van der Waals surface area contributed by atoms with Crippen LogP contribution in [0.3, 0.4) is 0 Å². The zero-order chi connectivity index (χ0) is 21.2. The highest BCUT2D eigenvalue weighted by atomic mass is 19.4. The molecule has 1 amide bonds. The molecule has 7 nitrogen and oxygen atoms in total. The van der Waals surface area contributed by atoms with E-state index in [0.29, 0.717) is 37.3 Å². The molecule has 6 N–H and O–H groups in total. The van der Waals surface area contributed by atoms with Crippen LogP contribution in [0, 0.1) is 0 Å². The van der Waals surface area contributed by atoms with Gasteiger partial charge >= 0.3 is 12.3 Å². The maximum atomic E-state index is 12.7. The van der Waals surface area contributed by atoms with E-state index in [9.17, 15) is 18.0 Å². The minimum absolute atomic E-state index is 0.0541. The van der Waals surface area contributed by atoms with E-state index in [1.54, 1.807) is 0 Å². The van der Waals surface area contributed by atoms with Gasteiger partial charge in [-0.05, 0) is 44.4 Å². The summed E-state index contributed by atoms with van der Waals surface area (Å²) in [6, 6.07) is 4.92. The van der Waals surface area contributed by atoms with Crippen molar-refractivity contribution in [3.05, 3.63) is 46.8 Å². The molecule has 1 aromatic carbocycles. The van der Waals surface area contributed by atoms with Crippen LogP contribution in [0.1, 0.15) is 37.8 Å². The van der Waals surface area contributed by atoms with Crippen molar-refractivity contribution in [1.82, 2.24) is 16.1 Å². The summed E-state index contributed by atoms with van der Waals surface area (Å²) in [5.74, 6) is 3.72. The van der Waals surface area contributed by atoms with Crippen LogP contribution in [0.5, 0.6) is 0 Å². The highest BCUT2D eigenvalue weighted by Gasteiger charge is 2.54. The van der Waals surface area contributed by atoms with Crippen molar-refractivity contribution < 1.29 is 33.3 Å². The zero-order valence-electron chi connectivity index (χ0n) is 16.4. The average molecular weight is 415 g/mol. The lowest BCUT2D eigenvalue weighted by molar-refractivity contribution is -0.434. The Morgan fingerprint density at radius 1 is 1.34 bits per heavy atom. The maximum absolute atomic E-state index is 12.7. The second-order valence-corrected chi connectivity index (χ2v) is 7.53. The number of quaternary nitrogens is 1. The van der Waals surface area contributed by atoms with Crippen LogP contribution in [0.2, 0.25) is 0 Å². The van der Waals surface area contributed by atoms with E-state index in [4.69, 9.17) is 9.47 Å². The van der Waals surface area contributed by atoms with E-state index in [1.807, 2.05) is 13.8 Å². The Bertz CT molecular complexity index is 774. The quantitative estimate of drug-likeness (QED) is 0.419. The predicted molar refractivity (Wildman–Crippen MR) is 97.8 cm³/mol. The fourth-order valence-corrected chi connectivity index (χ4v) is 3.39. The zero-order valence-corrected chi connectivity index (χ0v) is 16.4. The first kappa shape index (κ1) is 21.3. The van der Waals surface area contributed by atoms with Gasteiger partial charge in [0.1, 0.15) is 11.3 Å². The number of nitrogens with one attached hydrogen (secondary N) is 3. The molecule has 0 aromatic heterocycles. The molecule has 1 spiro atoms. The Morgan fingerprint density at radius 2 is 2.00 bits per heavy atom. The predicted octanol–water partition coefficient (Wildman–Crippen LogP) is 1.82. The molecular weight excluding hydrogens is 389 g/mol. The van der Waals surface area contributed by atoms with E-state index >= 15 is 0 Å². The summed E-state index contributed by atoms with van der Waals surface area (Å²) in [5, 5.41) is 5.94. The molecule has 1 heterocycles. The number of benzene rings is 1. The van der Waals surface area contributed by atoms with Crippen LogP contribution in [-0.2, 0) is 22.2 Å². The Labute approximate surface area is 166 Å². The summed E-state index contributed by atoms with van der Waals surface area (Å²) in [5.41, 5.74) is 3.70. The summed E-state index contributed by atoms with van der Waals surface area (Å²) in [6.07, 6.45) is -4.17. The van der Waals surface area contributed by atoms with Gasteiger partial charge in [-0.25, -0.2) is 10.2 Å². The summed E-state index contributed by atoms with van der Waals surface area (Å²) < 4.78 is 49.4. The third kappa shape index (κ3) is 4.94. The van der Waals surface area contributed by atoms with Gasteiger partial charge in [0.05, 0.1) is 17.9 Å². The molecule has 10 heteroatoms. The van der Waals surface area contributed by atoms with E-state index in [0.717, 1.165) is 17.8 Å². The van der Waals surface area contributed by atoms with Gasteiger partial charge in [-0.3, -0.25) is 5.84 Å². The number of carbonyl (C=O) groups is 1. The average Bonchev–Trinajstić information content (AvgIpc) is 3.41. The van der Waals surface area contributed by atoms with Crippen molar-refractivity contribution in [2.75, 3.05) is 6.61 Å². The van der Waals surface area contributed by atoms with Gasteiger partial charge in [0.15, 0.2) is 6.10 Å². The van der Waals surface area contributed by atoms with Gasteiger partial charge < -0.3 is 20.1 Å². The van der Waals surface area contributed by atoms with Crippen molar-refractivity contribution in [1.29, 1.82) is 0 Å². The lowest BCUT2D eigenvalue weighted by atomic mass is 9.88. The summed E-state index contributed by atoms with van der Waals surface area (Å²) >= 11 is 0. The lowest BCUT2D eigenvalue weighted by Crippen LogP contribution is -2.67. The fraction of sp³-hybridized carbons (Fsp3) is 0.526. The first-order valence-corrected chi connectivity index (χ1v) is 9.43. The van der Waals surface area contributed by atoms with Gasteiger partial charge in [-0.15, -0.1) is 0 Å². The minimum Gasteiger partial charge on any atom is -0.440 e. The normalized spacial score (nSPS) is 23.9. The number of epoxide rings is 1. The molecule has 0 bridgehead atoms. The van der Waals surface area contributed by atoms with Crippen LogP contribution < -0.4 is 21.9 Å². The van der Waals surface area contributed by atoms with Crippen molar-refractivity contribution in [3.63, 3.8) is 0 Å². The number of alkyl halides is 3. The van der Waals surface area contributed by atoms with Crippen molar-refractivity contribution in [2.45, 2.75) is 57.2 Å². The molecule has 3 rings (SSSR count). The number of alkyl carbamates (subject to hydrolysis) is 1. The van der Waals surface area contributed by atoms with Gasteiger partial charge in [0, 0.05) is 12.6 Å². The molecule has 160 valence electrons. The first-order chi connectivity index (χ1) is 13.6. The van der Waals surface area contributed by atoms with Gasteiger partial charge in [-0.1, -0.05) is 12.1 Å². The smallest absolute Gasteiger partial charge is 0.416 e. The molecule has 1 aromatic rings. The van der Waals surface area contributed by atoms with E-state index < -0.39 is 29.5 Å². The molecule has 1 saturated heterocycles. The fourth-order valence-electron chi connectivity index (χ4n) is 3.39. The Morgan fingerprint density at radius 3 is 2.52 bits per heavy atom. The molecule has 0 radical (unpaired) electrons. The third-order valence-corrected chi connectivity index (χ3v) is 4.95. The number of rotatable bonds is 6. The number of hydrogen-bond donors (Lipinski definition) is 4. The Balaban J connectivity index is 1.74. The largest absolute Gasteiger partial charge is 0.440 e. The number of hydrogen-bond acceptors (Lipinski definition) is 5. The minimum atomic E-state index is -4.37. The monoisotopic (exact) mass is 415 g/mol. The van der Waals surface area contributed by atoms with Crippen LogP contribution in [-0.4, -0.2) is 30.4 Å². The van der Waals surface area contributed by atoms with Gasteiger partial charge in [0.2, 0.25) is 0 Å². The van der Waals surface area contributed by atoms with Crippen LogP contribution >= 0.6 is 0 Å². The number of amides is 1. The van der Waals surface area contributed by atoms with Crippen LogP contribution in [0.4, 0.5) is 18.0 Å². The molecule has 2 aliphatic rings. The number of carbonyl (C=O) groups excluding carboxylic acids is 1. The summed E-state index contributed by atoms with van der Waals surface area (Å²) in [7, 11) is 0. The summed E-state index contributed by atoms with van der Waals surface area (Å²) in [4.78, 5) is 12.0. The Hall–Kier alpha value is -2.46. The maximum Gasteiger partial charge on any atom is 0.416 e. The first-order valence-electron chi connectivity index (χ1n) is 9.43. The lowest BCUT2D eigenvalue weighted by Gasteiger charge is -2.31. The van der Waals surface area contributed by atoms with Gasteiger partial charge in [-0.2, -0.15) is 13.2 Å². The van der Waals surface area contributed by atoms with E-state index in [2.05, 4.69) is 21.9 Å². The highest BCUT2D eigenvalue weighted by molar-refractivity contribution is 5.68. The second-order valence-electron chi connectivity index (χ2n) is 7.53. The standard InChI is InChI=1S/C19H25F3N4O3/c1-11(2)25-17(27)29-14-7-8-18(10-28-18)16(15(14)26-23)24-9-12-3-5-13(6-4-12)19(20,21)22/h3-6,11,14,24,26H,7-10,23H2,1-2H3,(H,25,27)/p+1. The van der Waals surface area contributed by atoms with Crippen LogP contribution in [0.15, 0.2) is 35.7 Å². The van der Waals surface area contributed by atoms with E-state index in [-0.39, 0.29) is 6.04 Å². The molecule has 2 atom stereocenters. The van der Waals surface area contributed by atoms with Crippen LogP contribution in [0.25, 0.3) is 0 Å². The molecule has 1 aliphatic heterocycles. The van der Waals surface area contributed by atoms with Crippen molar-refractivity contribution in [3.8, 4) is 0 Å². The number of halogens is 3. The van der Waals surface area contributed by atoms with Gasteiger partial charge in [0.25, 0.3) is 0 Å². The highest BCUT2D eigenvalue weighted by Crippen LogP contribution is 2.44. The molecule has 1 fully saturated rings. The third-order valence-electron chi connectivity index (χ3n) is 4.95. The topological polar surface area (TPSA) is 103 Å². The Kier molecular flexibility index (Phi) is 5.95. The van der Waals surface area contributed by atoms with Crippen molar-refractivity contribution in [2.24, 2.45) is 0 Å². The molecule has 29 heavy (non-hydrogen) atoms. The number of ether oxygens (including phenoxy) is 2. The molecule has 0 saturated carbocycles. The van der Waals surface area contributed by atoms with Crippen molar-refractivity contribution >= 4 is 6.09 Å². The molecular formula is C19H26F3N4O3+. The molecule has 2 unspecified atom stereocenters. The molecule has 1 aliphatic carbocycles. The second kappa shape index (κ2) is 8.11. The summed E-state index contributed by atoms with van der Waals surface area (Å²) in [6.45, 7) is 4.50. The van der Waals surface area contributed by atoms with E-state index in [1.165, 1.54) is 12.1 Å².